The van der Waals surface area contributed by atoms with E-state index in [4.69, 9.17) is 4.74 Å². The number of alkyl halides is 3. The summed E-state index contributed by atoms with van der Waals surface area (Å²) in [6.07, 6.45) is -3.94. The number of nitrogens with one attached hydrogen (secondary N) is 3. The quantitative estimate of drug-likeness (QED) is 0.586. The van der Waals surface area contributed by atoms with Crippen LogP contribution in [0.25, 0.3) is 0 Å². The molecule has 0 aromatic heterocycles. The molecule has 3 N–H and O–H groups in total. The van der Waals surface area contributed by atoms with Crippen molar-refractivity contribution in [2.45, 2.75) is 51.1 Å². The normalized spacial score (nSPS) is 18.2. The summed E-state index contributed by atoms with van der Waals surface area (Å²) >= 11 is 0. The molecular formula is C24H28F3N3O3. The van der Waals surface area contributed by atoms with Crippen LogP contribution in [0.15, 0.2) is 48.5 Å². The molecule has 0 radical (unpaired) electrons. The Kier molecular flexibility index (Phi) is 7.97. The van der Waals surface area contributed by atoms with E-state index >= 15 is 0 Å². The maximum Gasteiger partial charge on any atom is 0.471 e. The van der Waals surface area contributed by atoms with Gasteiger partial charge in [-0.05, 0) is 63.1 Å². The van der Waals surface area contributed by atoms with Crippen LogP contribution in [0.3, 0.4) is 0 Å². The lowest BCUT2D eigenvalue weighted by atomic mass is 10.0. The van der Waals surface area contributed by atoms with Crippen molar-refractivity contribution >= 4 is 11.8 Å². The zero-order valence-corrected chi connectivity index (χ0v) is 18.5. The summed E-state index contributed by atoms with van der Waals surface area (Å²) in [7, 11) is 0. The van der Waals surface area contributed by atoms with Crippen LogP contribution in [-0.4, -0.2) is 43.2 Å². The van der Waals surface area contributed by atoms with E-state index in [0.29, 0.717) is 16.9 Å². The van der Waals surface area contributed by atoms with Gasteiger partial charge in [0, 0.05) is 18.2 Å². The highest BCUT2D eigenvalue weighted by atomic mass is 19.4. The molecule has 1 fully saturated rings. The summed E-state index contributed by atoms with van der Waals surface area (Å²) in [4.78, 5) is 23.9. The van der Waals surface area contributed by atoms with Crippen LogP contribution in [0.4, 0.5) is 13.2 Å². The SMILES string of the molecule is Cc1ccc([C@@H](Oc2ccc(C(=O)N[C@H]3CCCNC3)cc2)[C@H](C)NC(=O)C(F)(F)F)cc1. The summed E-state index contributed by atoms with van der Waals surface area (Å²) in [5.41, 5.74) is 2.05. The van der Waals surface area contributed by atoms with Gasteiger partial charge in [0.05, 0.1) is 6.04 Å². The molecule has 3 rings (SSSR count). The minimum Gasteiger partial charge on any atom is -0.484 e. The Morgan fingerprint density at radius 2 is 1.76 bits per heavy atom. The van der Waals surface area contributed by atoms with E-state index in [9.17, 15) is 22.8 Å². The number of rotatable bonds is 7. The number of halogens is 3. The minimum atomic E-state index is -4.99. The summed E-state index contributed by atoms with van der Waals surface area (Å²) in [6.45, 7) is 5.02. The van der Waals surface area contributed by atoms with Gasteiger partial charge < -0.3 is 20.7 Å². The highest BCUT2D eigenvalue weighted by Gasteiger charge is 2.40. The molecule has 2 aromatic carbocycles. The van der Waals surface area contributed by atoms with Crippen molar-refractivity contribution in [3.05, 3.63) is 65.2 Å². The van der Waals surface area contributed by atoms with Gasteiger partial charge in [-0.2, -0.15) is 13.2 Å². The van der Waals surface area contributed by atoms with E-state index in [2.05, 4.69) is 10.6 Å². The van der Waals surface area contributed by atoms with Crippen molar-refractivity contribution in [1.82, 2.24) is 16.0 Å². The lowest BCUT2D eigenvalue weighted by Crippen LogP contribution is -2.45. The van der Waals surface area contributed by atoms with E-state index in [-0.39, 0.29) is 11.9 Å². The fraction of sp³-hybridized carbons (Fsp3) is 0.417. The second-order valence-electron chi connectivity index (χ2n) is 8.25. The molecule has 0 spiro atoms. The molecular weight excluding hydrogens is 435 g/mol. The third kappa shape index (κ3) is 6.95. The number of ether oxygens (including phenoxy) is 1. The third-order valence-corrected chi connectivity index (χ3v) is 5.49. The van der Waals surface area contributed by atoms with Crippen molar-refractivity contribution in [3.8, 4) is 5.75 Å². The van der Waals surface area contributed by atoms with E-state index in [0.717, 1.165) is 31.5 Å². The van der Waals surface area contributed by atoms with E-state index in [1.807, 2.05) is 24.4 Å². The molecule has 1 saturated heterocycles. The maximum atomic E-state index is 12.7. The summed E-state index contributed by atoms with van der Waals surface area (Å²) in [5.74, 6) is -1.86. The molecule has 178 valence electrons. The predicted octanol–water partition coefficient (Wildman–Crippen LogP) is 3.66. The van der Waals surface area contributed by atoms with Crippen LogP contribution < -0.4 is 20.7 Å². The Morgan fingerprint density at radius 3 is 2.33 bits per heavy atom. The number of carbonyl (C=O) groups excluding carboxylic acids is 2. The van der Waals surface area contributed by atoms with Gasteiger partial charge in [-0.15, -0.1) is 0 Å². The average molecular weight is 464 g/mol. The molecule has 6 nitrogen and oxygen atoms in total. The minimum absolute atomic E-state index is 0.0752. The molecule has 0 aliphatic carbocycles. The summed E-state index contributed by atoms with van der Waals surface area (Å²) < 4.78 is 44.2. The molecule has 1 aliphatic rings. The molecule has 2 aromatic rings. The summed E-state index contributed by atoms with van der Waals surface area (Å²) in [5, 5.41) is 8.19. The highest BCUT2D eigenvalue weighted by molar-refractivity contribution is 5.94. The zero-order chi connectivity index (χ0) is 24.0. The third-order valence-electron chi connectivity index (χ3n) is 5.49. The van der Waals surface area contributed by atoms with E-state index in [1.165, 1.54) is 6.92 Å². The number of amides is 2. The summed E-state index contributed by atoms with van der Waals surface area (Å²) in [6, 6.07) is 12.6. The lowest BCUT2D eigenvalue weighted by Gasteiger charge is -2.27. The Balaban J connectivity index is 1.72. The van der Waals surface area contributed by atoms with Crippen molar-refractivity contribution < 1.29 is 27.5 Å². The molecule has 3 atom stereocenters. The Labute approximate surface area is 190 Å². The molecule has 0 bridgehead atoms. The van der Waals surface area contributed by atoms with E-state index in [1.54, 1.807) is 36.4 Å². The van der Waals surface area contributed by atoms with Gasteiger partial charge in [0.1, 0.15) is 11.9 Å². The van der Waals surface area contributed by atoms with Crippen molar-refractivity contribution in [1.29, 1.82) is 0 Å². The second kappa shape index (κ2) is 10.7. The fourth-order valence-corrected chi connectivity index (χ4v) is 3.65. The van der Waals surface area contributed by atoms with Crippen LogP contribution in [0, 0.1) is 6.92 Å². The van der Waals surface area contributed by atoms with Gasteiger partial charge in [0.25, 0.3) is 5.91 Å². The first-order valence-corrected chi connectivity index (χ1v) is 10.9. The Hall–Kier alpha value is -3.07. The highest BCUT2D eigenvalue weighted by Crippen LogP contribution is 2.27. The fourth-order valence-electron chi connectivity index (χ4n) is 3.65. The van der Waals surface area contributed by atoms with Gasteiger partial charge in [-0.1, -0.05) is 29.8 Å². The standard InChI is InChI=1S/C24H28F3N3O3/c1-15-5-7-17(8-6-15)21(16(2)29-23(32)24(25,26)27)33-20-11-9-18(10-12-20)22(31)30-19-4-3-13-28-14-19/h5-12,16,19,21,28H,3-4,13-14H2,1-2H3,(H,29,32)(H,30,31)/t16-,19-,21-/m0/s1. The first-order valence-electron chi connectivity index (χ1n) is 10.9. The van der Waals surface area contributed by atoms with Gasteiger partial charge in [0.2, 0.25) is 0 Å². The number of hydrogen-bond donors (Lipinski definition) is 3. The molecule has 0 saturated carbocycles. The number of aryl methyl sites for hydroxylation is 1. The van der Waals surface area contributed by atoms with Crippen LogP contribution >= 0.6 is 0 Å². The van der Waals surface area contributed by atoms with Gasteiger partial charge in [0.15, 0.2) is 0 Å². The predicted molar refractivity (Wildman–Crippen MR) is 118 cm³/mol. The molecule has 1 aliphatic heterocycles. The van der Waals surface area contributed by atoms with Crippen LogP contribution in [-0.2, 0) is 4.79 Å². The lowest BCUT2D eigenvalue weighted by molar-refractivity contribution is -0.174. The second-order valence-corrected chi connectivity index (χ2v) is 8.25. The van der Waals surface area contributed by atoms with Crippen LogP contribution in [0.5, 0.6) is 5.75 Å². The molecule has 9 heteroatoms. The van der Waals surface area contributed by atoms with Gasteiger partial charge in [-0.3, -0.25) is 9.59 Å². The average Bonchev–Trinajstić information content (AvgIpc) is 2.78. The van der Waals surface area contributed by atoms with Crippen LogP contribution in [0.2, 0.25) is 0 Å². The van der Waals surface area contributed by atoms with Gasteiger partial charge >= 0.3 is 12.1 Å². The Bertz CT molecular complexity index is 940. The van der Waals surface area contributed by atoms with Gasteiger partial charge in [-0.25, -0.2) is 0 Å². The Morgan fingerprint density at radius 1 is 1.09 bits per heavy atom. The smallest absolute Gasteiger partial charge is 0.471 e. The zero-order valence-electron chi connectivity index (χ0n) is 18.5. The van der Waals surface area contributed by atoms with Crippen molar-refractivity contribution in [2.75, 3.05) is 13.1 Å². The first kappa shape index (κ1) is 24.6. The molecule has 1 heterocycles. The number of hydrogen-bond acceptors (Lipinski definition) is 4. The largest absolute Gasteiger partial charge is 0.484 e. The number of carbonyl (C=O) groups is 2. The van der Waals surface area contributed by atoms with E-state index < -0.39 is 24.2 Å². The number of benzene rings is 2. The van der Waals surface area contributed by atoms with Crippen molar-refractivity contribution in [3.63, 3.8) is 0 Å². The first-order chi connectivity index (χ1) is 15.6. The van der Waals surface area contributed by atoms with Crippen LogP contribution in [0.1, 0.15) is 47.4 Å². The molecule has 2 amide bonds. The number of piperidine rings is 1. The maximum absolute atomic E-state index is 12.7. The molecule has 0 unspecified atom stereocenters. The topological polar surface area (TPSA) is 79.5 Å². The van der Waals surface area contributed by atoms with Crippen molar-refractivity contribution in [2.24, 2.45) is 0 Å². The molecule has 33 heavy (non-hydrogen) atoms. The monoisotopic (exact) mass is 463 g/mol.